The van der Waals surface area contributed by atoms with Crippen molar-refractivity contribution in [3.8, 4) is 28.0 Å². The van der Waals surface area contributed by atoms with Crippen LogP contribution in [0.15, 0.2) is 60.9 Å². The summed E-state index contributed by atoms with van der Waals surface area (Å²) in [4.78, 5) is 26.4. The maximum absolute atomic E-state index is 13.4. The molecule has 41 heavy (non-hydrogen) atoms. The maximum atomic E-state index is 13.4. The van der Waals surface area contributed by atoms with E-state index < -0.39 is 6.36 Å². The standard InChI is InChI=1S/C30H30F3N5O3/c1-36-8-10-37(11-9-36)26-7-6-22(17-27(26)41-30(31,32)33)23-16-24-25(19-35-28(24)34-18-23)20-2-4-21(5-3-20)29(39)38-12-14-40-15-13-38/h2-7,16-19H,8-15H2,1H3,(H,34,35). The van der Waals surface area contributed by atoms with Crippen molar-refractivity contribution >= 4 is 22.6 Å². The number of hydrogen-bond donors (Lipinski definition) is 1. The van der Waals surface area contributed by atoms with Gasteiger partial charge in [-0.1, -0.05) is 18.2 Å². The highest BCUT2D eigenvalue weighted by molar-refractivity contribution is 5.98. The van der Waals surface area contributed by atoms with Crippen LogP contribution in [0, 0.1) is 0 Å². The van der Waals surface area contributed by atoms with Gasteiger partial charge in [0.1, 0.15) is 5.65 Å². The van der Waals surface area contributed by atoms with E-state index in [1.807, 2.05) is 36.3 Å². The average molecular weight is 566 g/mol. The zero-order chi connectivity index (χ0) is 28.6. The number of H-pyrrole nitrogens is 1. The molecule has 2 fully saturated rings. The molecule has 2 saturated heterocycles. The van der Waals surface area contributed by atoms with Gasteiger partial charge in [0.2, 0.25) is 0 Å². The van der Waals surface area contributed by atoms with E-state index in [1.165, 1.54) is 6.07 Å². The fourth-order valence-corrected chi connectivity index (χ4v) is 5.35. The Morgan fingerprint density at radius 3 is 2.34 bits per heavy atom. The van der Waals surface area contributed by atoms with E-state index in [2.05, 4.69) is 19.6 Å². The van der Waals surface area contributed by atoms with Gasteiger partial charge in [0.15, 0.2) is 5.75 Å². The number of amides is 1. The normalized spacial score (nSPS) is 16.8. The van der Waals surface area contributed by atoms with Crippen molar-refractivity contribution in [1.29, 1.82) is 0 Å². The number of alkyl halides is 3. The second-order valence-corrected chi connectivity index (χ2v) is 10.3. The molecule has 6 rings (SSSR count). The highest BCUT2D eigenvalue weighted by Gasteiger charge is 2.33. The Morgan fingerprint density at radius 1 is 0.927 bits per heavy atom. The van der Waals surface area contributed by atoms with Crippen molar-refractivity contribution in [1.82, 2.24) is 19.8 Å². The minimum atomic E-state index is -4.81. The van der Waals surface area contributed by atoms with E-state index in [1.54, 1.807) is 35.4 Å². The zero-order valence-corrected chi connectivity index (χ0v) is 22.6. The predicted octanol–water partition coefficient (Wildman–Crippen LogP) is 5.02. The van der Waals surface area contributed by atoms with Crippen LogP contribution in [-0.4, -0.2) is 91.6 Å². The molecule has 2 aliphatic heterocycles. The summed E-state index contributed by atoms with van der Waals surface area (Å²) < 4.78 is 50.0. The third-order valence-corrected chi connectivity index (χ3v) is 7.64. The van der Waals surface area contributed by atoms with Crippen LogP contribution in [0.2, 0.25) is 0 Å². The second-order valence-electron chi connectivity index (χ2n) is 10.3. The Kier molecular flexibility index (Phi) is 7.31. The Morgan fingerprint density at radius 2 is 1.63 bits per heavy atom. The van der Waals surface area contributed by atoms with Crippen molar-refractivity contribution in [2.24, 2.45) is 0 Å². The van der Waals surface area contributed by atoms with E-state index >= 15 is 0 Å². The summed E-state index contributed by atoms with van der Waals surface area (Å²) in [7, 11) is 1.99. The number of nitrogens with one attached hydrogen (secondary N) is 1. The summed E-state index contributed by atoms with van der Waals surface area (Å²) in [5.41, 5.74) is 4.66. The van der Waals surface area contributed by atoms with Crippen molar-refractivity contribution in [3.05, 3.63) is 66.5 Å². The smallest absolute Gasteiger partial charge is 0.404 e. The number of morpholine rings is 1. The second kappa shape index (κ2) is 11.1. The van der Waals surface area contributed by atoms with Gasteiger partial charge in [-0.05, 0) is 48.5 Å². The lowest BCUT2D eigenvalue weighted by molar-refractivity contribution is -0.274. The van der Waals surface area contributed by atoms with Crippen LogP contribution in [0.25, 0.3) is 33.3 Å². The van der Waals surface area contributed by atoms with Gasteiger partial charge in [-0.2, -0.15) is 0 Å². The highest BCUT2D eigenvalue weighted by atomic mass is 19.4. The van der Waals surface area contributed by atoms with Crippen LogP contribution in [0.1, 0.15) is 10.4 Å². The lowest BCUT2D eigenvalue weighted by atomic mass is 10.0. The van der Waals surface area contributed by atoms with Crippen molar-refractivity contribution in [2.45, 2.75) is 6.36 Å². The molecule has 0 unspecified atom stereocenters. The molecular formula is C30H30F3N5O3. The molecule has 4 heterocycles. The van der Waals surface area contributed by atoms with Crippen molar-refractivity contribution in [2.75, 3.05) is 64.4 Å². The summed E-state index contributed by atoms with van der Waals surface area (Å²) in [6.07, 6.45) is -1.34. The summed E-state index contributed by atoms with van der Waals surface area (Å²) in [6.45, 7) is 4.96. The zero-order valence-electron chi connectivity index (χ0n) is 22.6. The number of fused-ring (bicyclic) bond motifs is 1. The third kappa shape index (κ3) is 5.86. The Balaban J connectivity index is 1.30. The summed E-state index contributed by atoms with van der Waals surface area (Å²) in [5.74, 6) is -0.255. The molecule has 2 aliphatic rings. The van der Waals surface area contributed by atoms with Crippen LogP contribution in [-0.2, 0) is 4.74 Å². The molecule has 11 heteroatoms. The van der Waals surface area contributed by atoms with Gasteiger partial charge >= 0.3 is 6.36 Å². The number of nitrogens with zero attached hydrogens (tertiary/aromatic N) is 4. The minimum Gasteiger partial charge on any atom is -0.404 e. The molecule has 0 saturated carbocycles. The van der Waals surface area contributed by atoms with Crippen LogP contribution < -0.4 is 9.64 Å². The van der Waals surface area contributed by atoms with Gasteiger partial charge in [-0.15, -0.1) is 13.2 Å². The molecule has 0 aliphatic carbocycles. The van der Waals surface area contributed by atoms with Gasteiger partial charge in [0.25, 0.3) is 5.91 Å². The number of halogens is 3. The first-order valence-electron chi connectivity index (χ1n) is 13.5. The average Bonchev–Trinajstić information content (AvgIpc) is 3.40. The van der Waals surface area contributed by atoms with Gasteiger partial charge in [-0.3, -0.25) is 4.79 Å². The number of piperazine rings is 1. The number of likely N-dealkylation sites (N-methyl/N-ethyl adjacent to an activating group) is 1. The van der Waals surface area contributed by atoms with Gasteiger partial charge in [-0.25, -0.2) is 4.98 Å². The number of pyridine rings is 1. The van der Waals surface area contributed by atoms with Crippen LogP contribution >= 0.6 is 0 Å². The first-order valence-corrected chi connectivity index (χ1v) is 13.5. The molecule has 0 spiro atoms. The van der Waals surface area contributed by atoms with Crippen molar-refractivity contribution in [3.63, 3.8) is 0 Å². The summed E-state index contributed by atoms with van der Waals surface area (Å²) in [5, 5.41) is 0.816. The Bertz CT molecular complexity index is 1540. The number of aromatic nitrogens is 2. The van der Waals surface area contributed by atoms with Gasteiger partial charge < -0.3 is 29.2 Å². The van der Waals surface area contributed by atoms with E-state index in [4.69, 9.17) is 4.74 Å². The maximum Gasteiger partial charge on any atom is 0.573 e. The van der Waals surface area contributed by atoms with Gasteiger partial charge in [0.05, 0.1) is 18.9 Å². The molecule has 0 atom stereocenters. The first-order chi connectivity index (χ1) is 19.7. The minimum absolute atomic E-state index is 0.0281. The largest absolute Gasteiger partial charge is 0.573 e. The number of carbonyl (C=O) groups excluding carboxylic acids is 1. The number of rotatable bonds is 5. The fourth-order valence-electron chi connectivity index (χ4n) is 5.35. The molecule has 214 valence electrons. The van der Waals surface area contributed by atoms with Crippen LogP contribution in [0.5, 0.6) is 5.75 Å². The number of ether oxygens (including phenoxy) is 2. The number of anilines is 1. The highest BCUT2D eigenvalue weighted by Crippen LogP contribution is 2.38. The SMILES string of the molecule is CN1CCN(c2ccc(-c3cnc4[nH]cc(-c5ccc(C(=O)N6CCOCC6)cc5)c4c3)cc2OC(F)(F)F)CC1. The van der Waals surface area contributed by atoms with E-state index in [9.17, 15) is 18.0 Å². The molecule has 2 aromatic heterocycles. The Labute approximate surface area is 235 Å². The summed E-state index contributed by atoms with van der Waals surface area (Å²) >= 11 is 0. The lowest BCUT2D eigenvalue weighted by Gasteiger charge is -2.35. The van der Waals surface area contributed by atoms with E-state index in [0.29, 0.717) is 67.4 Å². The van der Waals surface area contributed by atoms with Gasteiger partial charge in [0, 0.05) is 73.7 Å². The van der Waals surface area contributed by atoms with E-state index in [0.717, 1.165) is 29.6 Å². The molecular weight excluding hydrogens is 535 g/mol. The molecule has 1 N–H and O–H groups in total. The number of aromatic amines is 1. The fraction of sp³-hybridized carbons (Fsp3) is 0.333. The molecule has 8 nitrogen and oxygen atoms in total. The Hall–Kier alpha value is -4.09. The summed E-state index contributed by atoms with van der Waals surface area (Å²) in [6, 6.07) is 14.2. The molecule has 4 aromatic rings. The molecule has 2 aromatic carbocycles. The quantitative estimate of drug-likeness (QED) is 0.367. The lowest BCUT2D eigenvalue weighted by Crippen LogP contribution is -2.44. The first kappa shape index (κ1) is 27.1. The molecule has 1 amide bonds. The third-order valence-electron chi connectivity index (χ3n) is 7.64. The predicted molar refractivity (Wildman–Crippen MR) is 150 cm³/mol. The van der Waals surface area contributed by atoms with Crippen molar-refractivity contribution < 1.29 is 27.4 Å². The monoisotopic (exact) mass is 565 g/mol. The molecule has 0 radical (unpaired) electrons. The molecule has 0 bridgehead atoms. The van der Waals surface area contributed by atoms with Crippen LogP contribution in [0.3, 0.4) is 0 Å². The van der Waals surface area contributed by atoms with Crippen LogP contribution in [0.4, 0.5) is 18.9 Å². The van der Waals surface area contributed by atoms with E-state index in [-0.39, 0.29) is 11.7 Å². The number of benzene rings is 2. The number of hydrogen-bond acceptors (Lipinski definition) is 6. The topological polar surface area (TPSA) is 73.9 Å². The number of carbonyl (C=O) groups is 1.